The van der Waals surface area contributed by atoms with Crippen LogP contribution < -0.4 is 10.2 Å². The van der Waals surface area contributed by atoms with Crippen LogP contribution in [0.4, 0.5) is 5.69 Å². The number of carbonyl (C=O) groups excluding carboxylic acids is 1. The predicted molar refractivity (Wildman–Crippen MR) is 141 cm³/mol. The van der Waals surface area contributed by atoms with E-state index in [0.717, 1.165) is 61.4 Å². The van der Waals surface area contributed by atoms with E-state index in [9.17, 15) is 4.79 Å². The van der Waals surface area contributed by atoms with Crippen LogP contribution >= 0.6 is 12.4 Å². The molecule has 184 valence electrons. The zero-order valence-corrected chi connectivity index (χ0v) is 20.6. The minimum absolute atomic E-state index is 0. The number of anilines is 1. The van der Waals surface area contributed by atoms with E-state index in [2.05, 4.69) is 42.5 Å². The molecule has 1 aliphatic carbocycles. The first-order chi connectivity index (χ1) is 16.8. The number of rotatable bonds is 6. The molecule has 2 aliphatic heterocycles. The van der Waals surface area contributed by atoms with Gasteiger partial charge in [0.15, 0.2) is 5.65 Å². The number of hydrogen-bond acceptors (Lipinski definition) is 6. The largest absolute Gasteiger partial charge is 0.367 e. The Morgan fingerprint density at radius 3 is 2.69 bits per heavy atom. The number of aromatic amines is 1. The van der Waals surface area contributed by atoms with E-state index in [1.807, 2.05) is 29.4 Å². The number of nitrogens with one attached hydrogen (secondary N) is 2. The van der Waals surface area contributed by atoms with Crippen LogP contribution in [0.3, 0.4) is 0 Å². The molecule has 3 aliphatic rings. The Kier molecular flexibility index (Phi) is 7.02. The van der Waals surface area contributed by atoms with E-state index in [1.165, 1.54) is 30.5 Å². The van der Waals surface area contributed by atoms with Gasteiger partial charge in [-0.15, -0.1) is 12.4 Å². The predicted octanol–water partition coefficient (Wildman–Crippen LogP) is 3.61. The second kappa shape index (κ2) is 10.3. The van der Waals surface area contributed by atoms with Crippen molar-refractivity contribution in [3.05, 3.63) is 47.5 Å². The number of nitrogens with zero attached hydrogens (tertiary/aromatic N) is 5. The summed E-state index contributed by atoms with van der Waals surface area (Å²) in [6.07, 6.45) is 15.1. The summed E-state index contributed by atoms with van der Waals surface area (Å²) in [6, 6.07) is 4.33. The fourth-order valence-electron chi connectivity index (χ4n) is 5.27. The maximum absolute atomic E-state index is 12.9. The summed E-state index contributed by atoms with van der Waals surface area (Å²) >= 11 is 0. The van der Waals surface area contributed by atoms with Crippen molar-refractivity contribution in [2.45, 2.75) is 44.1 Å². The third kappa shape index (κ3) is 5.04. The van der Waals surface area contributed by atoms with Gasteiger partial charge in [0.1, 0.15) is 0 Å². The first-order valence-electron chi connectivity index (χ1n) is 12.5. The van der Waals surface area contributed by atoms with Crippen LogP contribution in [0.25, 0.3) is 23.2 Å². The highest BCUT2D eigenvalue weighted by molar-refractivity contribution is 5.99. The second-order valence-electron chi connectivity index (χ2n) is 9.66. The van der Waals surface area contributed by atoms with Gasteiger partial charge in [-0.05, 0) is 61.4 Å². The van der Waals surface area contributed by atoms with E-state index < -0.39 is 0 Å². The fourth-order valence-corrected chi connectivity index (χ4v) is 5.27. The molecule has 6 rings (SSSR count). The van der Waals surface area contributed by atoms with Crippen molar-refractivity contribution in [2.24, 2.45) is 0 Å². The van der Waals surface area contributed by atoms with Gasteiger partial charge >= 0.3 is 0 Å². The highest BCUT2D eigenvalue weighted by Crippen LogP contribution is 2.47. The van der Waals surface area contributed by atoms with Gasteiger partial charge in [-0.2, -0.15) is 5.10 Å². The monoisotopic (exact) mass is 493 g/mol. The maximum Gasteiger partial charge on any atom is 0.224 e. The Morgan fingerprint density at radius 2 is 1.97 bits per heavy atom. The number of fused-ring (bicyclic) bond motifs is 1. The molecule has 0 radical (unpaired) electrons. The summed E-state index contributed by atoms with van der Waals surface area (Å²) in [5.74, 6) is 0.856. The summed E-state index contributed by atoms with van der Waals surface area (Å²) in [5.41, 5.74) is 5.32. The molecule has 3 aromatic rings. The molecule has 8 nitrogen and oxygen atoms in total. The quantitative estimate of drug-likeness (QED) is 0.545. The van der Waals surface area contributed by atoms with Gasteiger partial charge in [-0.3, -0.25) is 14.9 Å². The zero-order valence-electron chi connectivity index (χ0n) is 19.8. The Balaban J connectivity index is 0.00000253. The molecule has 0 aromatic carbocycles. The number of H-pyrrole nitrogens is 1. The van der Waals surface area contributed by atoms with Crippen molar-refractivity contribution in [1.82, 2.24) is 30.4 Å². The zero-order chi connectivity index (χ0) is 22.9. The minimum Gasteiger partial charge on any atom is -0.367 e. The smallest absolute Gasteiger partial charge is 0.224 e. The Bertz CT molecular complexity index is 1190. The average Bonchev–Trinajstić information content (AvgIpc) is 3.44. The van der Waals surface area contributed by atoms with Gasteiger partial charge < -0.3 is 15.1 Å². The third-order valence-corrected chi connectivity index (χ3v) is 7.29. The molecule has 9 heteroatoms. The molecule has 3 fully saturated rings. The number of aromatic nitrogens is 4. The molecule has 0 spiro atoms. The van der Waals surface area contributed by atoms with Crippen LogP contribution in [0.15, 0.2) is 30.7 Å². The summed E-state index contributed by atoms with van der Waals surface area (Å²) in [6.45, 7) is 4.23. The van der Waals surface area contributed by atoms with Gasteiger partial charge in [0.2, 0.25) is 5.91 Å². The van der Waals surface area contributed by atoms with E-state index >= 15 is 0 Å². The number of pyridine rings is 2. The number of amides is 1. The van der Waals surface area contributed by atoms with E-state index in [-0.39, 0.29) is 18.3 Å². The average molecular weight is 494 g/mol. The maximum atomic E-state index is 12.9. The molecule has 1 saturated carbocycles. The number of hydrogen-bond donors (Lipinski definition) is 2. The van der Waals surface area contributed by atoms with Crippen molar-refractivity contribution in [2.75, 3.05) is 37.6 Å². The molecule has 2 saturated heterocycles. The first kappa shape index (κ1) is 23.8. The Labute approximate surface area is 211 Å². The lowest BCUT2D eigenvalue weighted by Gasteiger charge is -2.37. The topological polar surface area (TPSA) is 90.0 Å². The molecule has 0 bridgehead atoms. The Hall–Kier alpha value is -2.97. The lowest BCUT2D eigenvalue weighted by atomic mass is 10.0. The summed E-state index contributed by atoms with van der Waals surface area (Å²) < 4.78 is 0. The van der Waals surface area contributed by atoms with Crippen LogP contribution in [0, 0.1) is 0 Å². The third-order valence-electron chi connectivity index (χ3n) is 7.29. The van der Waals surface area contributed by atoms with Crippen molar-refractivity contribution >= 4 is 47.2 Å². The van der Waals surface area contributed by atoms with Gasteiger partial charge in [0, 0.05) is 57.2 Å². The van der Waals surface area contributed by atoms with Crippen LogP contribution in [-0.2, 0) is 4.79 Å². The van der Waals surface area contributed by atoms with Crippen LogP contribution in [0.2, 0.25) is 0 Å². The molecule has 35 heavy (non-hydrogen) atoms. The highest BCUT2D eigenvalue weighted by Gasteiger charge is 2.33. The Morgan fingerprint density at radius 1 is 1.11 bits per heavy atom. The fraction of sp³-hybridized carbons (Fsp3) is 0.462. The molecule has 1 atom stereocenters. The van der Waals surface area contributed by atoms with Crippen LogP contribution in [0.5, 0.6) is 0 Å². The summed E-state index contributed by atoms with van der Waals surface area (Å²) in [5, 5.41) is 12.2. The van der Waals surface area contributed by atoms with E-state index in [4.69, 9.17) is 0 Å². The number of halogens is 1. The number of piperazine rings is 1. The van der Waals surface area contributed by atoms with Crippen LogP contribution in [-0.4, -0.2) is 69.7 Å². The molecular formula is C26H32ClN7O. The minimum atomic E-state index is 0. The van der Waals surface area contributed by atoms with Gasteiger partial charge in [-0.25, -0.2) is 4.98 Å². The molecular weight excluding hydrogens is 462 g/mol. The van der Waals surface area contributed by atoms with Crippen LogP contribution in [0.1, 0.15) is 54.8 Å². The molecule has 2 N–H and O–H groups in total. The van der Waals surface area contributed by atoms with Crippen molar-refractivity contribution in [3.8, 4) is 0 Å². The SMILES string of the molecule is Cl.O=C(C[C@@H]1CCCN1)N1CCN(c2c(C3CC3)cnc3n[nH]c(C=Cc4cccnc4)c23)CC1. The molecule has 3 aromatic heterocycles. The van der Waals surface area contributed by atoms with E-state index in [0.29, 0.717) is 18.4 Å². The normalized spacial score (nSPS) is 20.5. The van der Waals surface area contributed by atoms with Crippen molar-refractivity contribution < 1.29 is 4.79 Å². The lowest BCUT2D eigenvalue weighted by Crippen LogP contribution is -2.50. The number of carbonyl (C=O) groups is 1. The lowest BCUT2D eigenvalue weighted by molar-refractivity contribution is -0.131. The van der Waals surface area contributed by atoms with Crippen molar-refractivity contribution in [1.29, 1.82) is 0 Å². The van der Waals surface area contributed by atoms with Gasteiger partial charge in [0.05, 0.1) is 16.8 Å². The summed E-state index contributed by atoms with van der Waals surface area (Å²) in [4.78, 5) is 26.2. The van der Waals surface area contributed by atoms with Gasteiger partial charge in [0.25, 0.3) is 0 Å². The molecule has 1 amide bonds. The van der Waals surface area contributed by atoms with E-state index in [1.54, 1.807) is 6.20 Å². The second-order valence-corrected chi connectivity index (χ2v) is 9.66. The molecule has 5 heterocycles. The van der Waals surface area contributed by atoms with Crippen molar-refractivity contribution in [3.63, 3.8) is 0 Å². The first-order valence-corrected chi connectivity index (χ1v) is 12.5. The van der Waals surface area contributed by atoms with Gasteiger partial charge in [-0.1, -0.05) is 12.1 Å². The highest BCUT2D eigenvalue weighted by atomic mass is 35.5. The molecule has 0 unspecified atom stereocenters. The summed E-state index contributed by atoms with van der Waals surface area (Å²) in [7, 11) is 0. The standard InChI is InChI=1S/C26H31N7O.ClH/c34-23(15-20-4-2-10-28-20)32-11-13-33(14-12-32)25-21(19-6-7-19)17-29-26-24(25)22(30-31-26)8-5-18-3-1-9-27-16-18;/h1,3,5,8-9,16-17,19-20,28H,2,4,6-7,10-15H2,(H,29,30,31);1H/t20-;/m0./s1.